The topological polar surface area (TPSA) is 50.8 Å². The van der Waals surface area contributed by atoms with Crippen LogP contribution in [0.15, 0.2) is 18.2 Å². The predicted molar refractivity (Wildman–Crippen MR) is 73.0 cm³/mol. The molecule has 1 heterocycles. The Morgan fingerprint density at radius 3 is 2.81 bits per heavy atom. The molecule has 0 aliphatic carbocycles. The largest absolute Gasteiger partial charge is 0.493 e. The van der Waals surface area contributed by atoms with E-state index in [1.54, 1.807) is 11.0 Å². The number of piperazine rings is 1. The molecular formula is C14H18F2N2O3. The standard InChI is InChI=1S/C14H18F2N2O3/c1-9-8-18(6-5-17-9)13(19)10-3-4-11(20-2)12(7-10)21-14(15)16/h3-4,7,9,14,17H,5-6,8H2,1-2H3. The summed E-state index contributed by atoms with van der Waals surface area (Å²) < 4.78 is 34.1. The summed E-state index contributed by atoms with van der Waals surface area (Å²) in [5.41, 5.74) is 0.306. The van der Waals surface area contributed by atoms with Gasteiger partial charge in [-0.15, -0.1) is 0 Å². The van der Waals surface area contributed by atoms with Crippen molar-refractivity contribution in [2.24, 2.45) is 0 Å². The van der Waals surface area contributed by atoms with Crippen LogP contribution in [0.4, 0.5) is 8.78 Å². The maximum Gasteiger partial charge on any atom is 0.387 e. The molecule has 0 saturated carbocycles. The number of nitrogens with one attached hydrogen (secondary N) is 1. The minimum absolute atomic E-state index is 0.137. The van der Waals surface area contributed by atoms with E-state index in [0.29, 0.717) is 25.2 Å². The van der Waals surface area contributed by atoms with Gasteiger partial charge >= 0.3 is 6.61 Å². The van der Waals surface area contributed by atoms with Crippen molar-refractivity contribution in [3.05, 3.63) is 23.8 Å². The van der Waals surface area contributed by atoms with Crippen LogP contribution >= 0.6 is 0 Å². The summed E-state index contributed by atoms with van der Waals surface area (Å²) in [6.45, 7) is 0.890. The lowest BCUT2D eigenvalue weighted by atomic mass is 10.1. The first-order valence-corrected chi connectivity index (χ1v) is 6.66. The van der Waals surface area contributed by atoms with Gasteiger partial charge in [-0.05, 0) is 25.1 Å². The van der Waals surface area contributed by atoms with E-state index in [2.05, 4.69) is 10.1 Å². The van der Waals surface area contributed by atoms with Crippen molar-refractivity contribution in [3.8, 4) is 11.5 Å². The zero-order chi connectivity index (χ0) is 15.4. The first-order valence-electron chi connectivity index (χ1n) is 6.66. The second kappa shape index (κ2) is 6.71. The lowest BCUT2D eigenvalue weighted by molar-refractivity contribution is -0.0512. The molecule has 1 aliphatic rings. The molecule has 1 aromatic carbocycles. The Labute approximate surface area is 121 Å². The van der Waals surface area contributed by atoms with Crippen molar-refractivity contribution < 1.29 is 23.0 Å². The highest BCUT2D eigenvalue weighted by Gasteiger charge is 2.23. The maximum atomic E-state index is 12.4. The molecule has 5 nitrogen and oxygen atoms in total. The Morgan fingerprint density at radius 2 is 2.19 bits per heavy atom. The number of methoxy groups -OCH3 is 1. The number of hydrogen-bond donors (Lipinski definition) is 1. The fraction of sp³-hybridized carbons (Fsp3) is 0.500. The van der Waals surface area contributed by atoms with Crippen LogP contribution in [0.25, 0.3) is 0 Å². The fourth-order valence-electron chi connectivity index (χ4n) is 2.30. The third-order valence-electron chi connectivity index (χ3n) is 3.28. The zero-order valence-electron chi connectivity index (χ0n) is 11.9. The summed E-state index contributed by atoms with van der Waals surface area (Å²) in [5.74, 6) is -0.174. The van der Waals surface area contributed by atoms with E-state index in [0.717, 1.165) is 0 Å². The molecule has 1 fully saturated rings. The highest BCUT2D eigenvalue weighted by atomic mass is 19.3. The van der Waals surface area contributed by atoms with Crippen LogP contribution in [0.3, 0.4) is 0 Å². The van der Waals surface area contributed by atoms with Gasteiger partial charge in [0.1, 0.15) is 0 Å². The highest BCUT2D eigenvalue weighted by Crippen LogP contribution is 2.30. The monoisotopic (exact) mass is 300 g/mol. The fourth-order valence-corrected chi connectivity index (χ4v) is 2.30. The smallest absolute Gasteiger partial charge is 0.387 e. The molecule has 1 aromatic rings. The van der Waals surface area contributed by atoms with Gasteiger partial charge in [0.25, 0.3) is 5.91 Å². The molecule has 1 unspecified atom stereocenters. The summed E-state index contributed by atoms with van der Waals surface area (Å²) in [7, 11) is 1.35. The van der Waals surface area contributed by atoms with Gasteiger partial charge in [0, 0.05) is 31.2 Å². The van der Waals surface area contributed by atoms with Crippen molar-refractivity contribution in [3.63, 3.8) is 0 Å². The Hall–Kier alpha value is -1.89. The molecule has 2 rings (SSSR count). The normalized spacial score (nSPS) is 18.7. The molecule has 1 amide bonds. The van der Waals surface area contributed by atoms with Crippen LogP contribution in [0, 0.1) is 0 Å². The van der Waals surface area contributed by atoms with Gasteiger partial charge in [0.2, 0.25) is 0 Å². The number of amides is 1. The Morgan fingerprint density at radius 1 is 1.43 bits per heavy atom. The average Bonchev–Trinajstić information content (AvgIpc) is 2.46. The molecule has 1 saturated heterocycles. The van der Waals surface area contributed by atoms with Crippen molar-refractivity contribution in [1.29, 1.82) is 0 Å². The molecule has 1 aliphatic heterocycles. The lowest BCUT2D eigenvalue weighted by Gasteiger charge is -2.32. The van der Waals surface area contributed by atoms with Crippen LogP contribution in [0.1, 0.15) is 17.3 Å². The van der Waals surface area contributed by atoms with E-state index in [1.165, 1.54) is 19.2 Å². The van der Waals surface area contributed by atoms with Crippen LogP contribution in [0.2, 0.25) is 0 Å². The van der Waals surface area contributed by atoms with Gasteiger partial charge in [-0.25, -0.2) is 0 Å². The molecular weight excluding hydrogens is 282 g/mol. The SMILES string of the molecule is COc1ccc(C(=O)N2CCNC(C)C2)cc1OC(F)F. The van der Waals surface area contributed by atoms with Crippen molar-refractivity contribution in [2.75, 3.05) is 26.7 Å². The Balaban J connectivity index is 2.20. The second-order valence-electron chi connectivity index (χ2n) is 4.85. The Bertz CT molecular complexity index is 511. The van der Waals surface area contributed by atoms with Crippen molar-refractivity contribution in [1.82, 2.24) is 10.2 Å². The average molecular weight is 300 g/mol. The maximum absolute atomic E-state index is 12.4. The molecule has 0 spiro atoms. The summed E-state index contributed by atoms with van der Waals surface area (Å²) in [4.78, 5) is 14.1. The molecule has 1 atom stereocenters. The molecule has 116 valence electrons. The van der Waals surface area contributed by atoms with E-state index in [-0.39, 0.29) is 23.4 Å². The van der Waals surface area contributed by atoms with E-state index >= 15 is 0 Å². The number of rotatable bonds is 4. The highest BCUT2D eigenvalue weighted by molar-refractivity contribution is 5.95. The quantitative estimate of drug-likeness (QED) is 0.920. The number of halogens is 2. The summed E-state index contributed by atoms with van der Waals surface area (Å²) in [6.07, 6.45) is 0. The minimum atomic E-state index is -2.97. The lowest BCUT2D eigenvalue weighted by Crippen LogP contribution is -2.51. The number of carbonyl (C=O) groups is 1. The van der Waals surface area contributed by atoms with Crippen LogP contribution in [-0.2, 0) is 0 Å². The van der Waals surface area contributed by atoms with Crippen molar-refractivity contribution >= 4 is 5.91 Å². The summed E-state index contributed by atoms with van der Waals surface area (Å²) >= 11 is 0. The van der Waals surface area contributed by atoms with Gasteiger partial charge in [0.05, 0.1) is 7.11 Å². The number of ether oxygens (including phenoxy) is 2. The van der Waals surface area contributed by atoms with Crippen LogP contribution < -0.4 is 14.8 Å². The van der Waals surface area contributed by atoms with E-state index < -0.39 is 6.61 Å². The third kappa shape index (κ3) is 3.81. The predicted octanol–water partition coefficient (Wildman–Crippen LogP) is 1.73. The van der Waals surface area contributed by atoms with E-state index in [4.69, 9.17) is 4.74 Å². The van der Waals surface area contributed by atoms with E-state index in [9.17, 15) is 13.6 Å². The second-order valence-corrected chi connectivity index (χ2v) is 4.85. The molecule has 1 N–H and O–H groups in total. The van der Waals surface area contributed by atoms with Gasteiger partial charge < -0.3 is 19.7 Å². The van der Waals surface area contributed by atoms with Crippen molar-refractivity contribution in [2.45, 2.75) is 19.6 Å². The molecule has 7 heteroatoms. The number of carbonyl (C=O) groups excluding carboxylic acids is 1. The molecule has 0 bridgehead atoms. The molecule has 0 aromatic heterocycles. The third-order valence-corrected chi connectivity index (χ3v) is 3.28. The number of nitrogens with zero attached hydrogens (tertiary/aromatic N) is 1. The van der Waals surface area contributed by atoms with E-state index in [1.807, 2.05) is 6.92 Å². The minimum Gasteiger partial charge on any atom is -0.493 e. The summed E-state index contributed by atoms with van der Waals surface area (Å²) in [5, 5.41) is 3.24. The summed E-state index contributed by atoms with van der Waals surface area (Å²) in [6, 6.07) is 4.50. The Kier molecular flexibility index (Phi) is 4.95. The number of benzene rings is 1. The van der Waals surface area contributed by atoms with Gasteiger partial charge in [-0.3, -0.25) is 4.79 Å². The number of hydrogen-bond acceptors (Lipinski definition) is 4. The number of alkyl halides is 2. The van der Waals surface area contributed by atoms with Crippen LogP contribution in [-0.4, -0.2) is 50.2 Å². The van der Waals surface area contributed by atoms with Gasteiger partial charge in [0.15, 0.2) is 11.5 Å². The molecule has 21 heavy (non-hydrogen) atoms. The molecule has 0 radical (unpaired) electrons. The van der Waals surface area contributed by atoms with Gasteiger partial charge in [-0.1, -0.05) is 0 Å². The van der Waals surface area contributed by atoms with Gasteiger partial charge in [-0.2, -0.15) is 8.78 Å². The van der Waals surface area contributed by atoms with Crippen LogP contribution in [0.5, 0.6) is 11.5 Å². The zero-order valence-corrected chi connectivity index (χ0v) is 11.9. The first kappa shape index (κ1) is 15.5. The first-order chi connectivity index (χ1) is 10.0.